The van der Waals surface area contributed by atoms with Gasteiger partial charge in [0, 0.05) is 29.5 Å². The third-order valence-corrected chi connectivity index (χ3v) is 7.58. The van der Waals surface area contributed by atoms with Gasteiger partial charge in [-0.25, -0.2) is 4.99 Å². The quantitative estimate of drug-likeness (QED) is 0.568. The summed E-state index contributed by atoms with van der Waals surface area (Å²) in [5, 5.41) is 6.24. The maximum Gasteiger partial charge on any atom is 0.255 e. The van der Waals surface area contributed by atoms with Crippen LogP contribution in [0.15, 0.2) is 75.9 Å². The average molecular weight is 539 g/mol. The van der Waals surface area contributed by atoms with E-state index in [0.29, 0.717) is 54.0 Å². The van der Waals surface area contributed by atoms with Crippen molar-refractivity contribution in [3.63, 3.8) is 0 Å². The molecule has 0 unspecified atom stereocenters. The Morgan fingerprint density at radius 3 is 2.65 bits per heavy atom. The SMILES string of the molecule is COc1ccc(NC(=O)C2=C(C)N=C3SC=C(CC(=O)N4CCOCC4)N3[C@H]2c2cccc(Cl)c2)cc1. The van der Waals surface area contributed by atoms with Crippen molar-refractivity contribution in [1.82, 2.24) is 9.80 Å². The van der Waals surface area contributed by atoms with E-state index in [2.05, 4.69) is 5.32 Å². The Morgan fingerprint density at radius 1 is 1.19 bits per heavy atom. The number of amides is 2. The van der Waals surface area contributed by atoms with Gasteiger partial charge in [0.25, 0.3) is 5.91 Å². The molecule has 0 spiro atoms. The highest BCUT2D eigenvalue weighted by Gasteiger charge is 2.41. The number of nitrogens with zero attached hydrogens (tertiary/aromatic N) is 3. The number of amidine groups is 1. The van der Waals surface area contributed by atoms with Gasteiger partial charge in [-0.05, 0) is 54.3 Å². The summed E-state index contributed by atoms with van der Waals surface area (Å²) in [6.45, 7) is 4.07. The molecule has 0 radical (unpaired) electrons. The van der Waals surface area contributed by atoms with Gasteiger partial charge in [0.1, 0.15) is 5.75 Å². The predicted octanol–water partition coefficient (Wildman–Crippen LogP) is 4.81. The van der Waals surface area contributed by atoms with Crippen LogP contribution >= 0.6 is 23.4 Å². The summed E-state index contributed by atoms with van der Waals surface area (Å²) in [7, 11) is 1.60. The highest BCUT2D eigenvalue weighted by atomic mass is 35.5. The molecule has 192 valence electrons. The Balaban J connectivity index is 1.48. The summed E-state index contributed by atoms with van der Waals surface area (Å²) < 4.78 is 10.6. The molecule has 3 aliphatic heterocycles. The van der Waals surface area contributed by atoms with Crippen LogP contribution < -0.4 is 10.1 Å². The van der Waals surface area contributed by atoms with Gasteiger partial charge in [0.2, 0.25) is 5.91 Å². The number of aliphatic imine (C=N–C) groups is 1. The van der Waals surface area contributed by atoms with E-state index in [9.17, 15) is 9.59 Å². The monoisotopic (exact) mass is 538 g/mol. The van der Waals surface area contributed by atoms with Crippen molar-refractivity contribution in [2.75, 3.05) is 38.7 Å². The van der Waals surface area contributed by atoms with Crippen molar-refractivity contribution in [3.8, 4) is 5.75 Å². The lowest BCUT2D eigenvalue weighted by atomic mass is 9.93. The molecule has 2 amide bonds. The number of rotatable bonds is 6. The summed E-state index contributed by atoms with van der Waals surface area (Å²) in [5.41, 5.74) is 3.39. The summed E-state index contributed by atoms with van der Waals surface area (Å²) in [5.74, 6) is 0.453. The van der Waals surface area contributed by atoms with Gasteiger partial charge in [-0.1, -0.05) is 35.5 Å². The molecule has 0 aromatic heterocycles. The normalized spacial score (nSPS) is 19.3. The number of carbonyl (C=O) groups excluding carboxylic acids is 2. The van der Waals surface area contributed by atoms with E-state index >= 15 is 0 Å². The zero-order valence-corrected chi connectivity index (χ0v) is 22.1. The van der Waals surface area contributed by atoms with Gasteiger partial charge in [0.05, 0.1) is 44.1 Å². The number of carbonyl (C=O) groups is 2. The van der Waals surface area contributed by atoms with Crippen LogP contribution in [0.2, 0.25) is 5.02 Å². The molecule has 2 aromatic rings. The number of methoxy groups -OCH3 is 1. The van der Waals surface area contributed by atoms with Gasteiger partial charge < -0.3 is 24.6 Å². The largest absolute Gasteiger partial charge is 0.497 e. The van der Waals surface area contributed by atoms with E-state index in [1.54, 1.807) is 37.4 Å². The summed E-state index contributed by atoms with van der Waals surface area (Å²) in [4.78, 5) is 35.4. The summed E-state index contributed by atoms with van der Waals surface area (Å²) in [6, 6.07) is 14.1. The zero-order chi connectivity index (χ0) is 25.9. The molecule has 0 saturated carbocycles. The molecule has 1 fully saturated rings. The first-order valence-corrected chi connectivity index (χ1v) is 13.2. The molecule has 3 heterocycles. The van der Waals surface area contributed by atoms with Crippen molar-refractivity contribution in [3.05, 3.63) is 81.5 Å². The van der Waals surface area contributed by atoms with Gasteiger partial charge >= 0.3 is 0 Å². The van der Waals surface area contributed by atoms with Gasteiger partial charge in [-0.2, -0.15) is 0 Å². The van der Waals surface area contributed by atoms with Crippen LogP contribution in [0, 0.1) is 0 Å². The van der Waals surface area contributed by atoms with Crippen molar-refractivity contribution >= 4 is 46.0 Å². The lowest BCUT2D eigenvalue weighted by molar-refractivity contribution is -0.134. The Labute approximate surface area is 225 Å². The highest BCUT2D eigenvalue weighted by Crippen LogP contribution is 2.45. The van der Waals surface area contributed by atoms with Crippen molar-refractivity contribution in [2.45, 2.75) is 19.4 Å². The fourth-order valence-electron chi connectivity index (χ4n) is 4.60. The fraction of sp³-hybridized carbons (Fsp3) is 0.296. The molecule has 1 atom stereocenters. The zero-order valence-electron chi connectivity index (χ0n) is 20.6. The topological polar surface area (TPSA) is 83.5 Å². The second-order valence-corrected chi connectivity index (χ2v) is 10.1. The first-order valence-electron chi connectivity index (χ1n) is 12.0. The number of morpholine rings is 1. The van der Waals surface area contributed by atoms with Crippen LogP contribution in [-0.4, -0.2) is 60.2 Å². The number of anilines is 1. The standard InChI is InChI=1S/C27H27ClN4O4S/c1-17-24(26(34)30-20-6-8-22(35-2)9-7-20)25(18-4-3-5-19(28)14-18)32-21(16-37-27(32)29-17)15-23(33)31-10-12-36-13-11-31/h3-9,14,16,25H,10-13,15H2,1-2H3,(H,30,34)/t25-/m0/s1. The number of hydrogen-bond acceptors (Lipinski definition) is 7. The number of fused-ring (bicyclic) bond motifs is 1. The van der Waals surface area contributed by atoms with E-state index in [1.807, 2.05) is 40.3 Å². The van der Waals surface area contributed by atoms with Crippen molar-refractivity contribution in [2.24, 2.45) is 4.99 Å². The number of allylic oxidation sites excluding steroid dienone is 1. The van der Waals surface area contributed by atoms with Gasteiger partial charge in [0.15, 0.2) is 5.17 Å². The number of ether oxygens (including phenoxy) is 2. The number of nitrogens with one attached hydrogen (secondary N) is 1. The minimum atomic E-state index is -0.497. The molecular formula is C27H27ClN4O4S. The van der Waals surface area contributed by atoms with Crippen LogP contribution in [0.5, 0.6) is 5.75 Å². The fourth-order valence-corrected chi connectivity index (χ4v) is 5.77. The van der Waals surface area contributed by atoms with E-state index < -0.39 is 6.04 Å². The smallest absolute Gasteiger partial charge is 0.255 e. The van der Waals surface area contributed by atoms with E-state index in [0.717, 1.165) is 16.4 Å². The third kappa shape index (κ3) is 5.39. The highest BCUT2D eigenvalue weighted by molar-refractivity contribution is 8.16. The Bertz CT molecular complexity index is 1300. The van der Waals surface area contributed by atoms with Crippen LogP contribution in [-0.2, 0) is 14.3 Å². The molecule has 1 N–H and O–H groups in total. The molecule has 8 nitrogen and oxygen atoms in total. The molecule has 10 heteroatoms. The molecule has 2 aromatic carbocycles. The lowest BCUT2D eigenvalue weighted by Crippen LogP contribution is -2.42. The molecule has 0 aliphatic carbocycles. The summed E-state index contributed by atoms with van der Waals surface area (Å²) >= 11 is 7.84. The van der Waals surface area contributed by atoms with E-state index in [4.69, 9.17) is 26.1 Å². The number of thioether (sulfide) groups is 1. The van der Waals surface area contributed by atoms with Crippen LogP contribution in [0.4, 0.5) is 5.69 Å². The average Bonchev–Trinajstić information content (AvgIpc) is 3.30. The minimum Gasteiger partial charge on any atom is -0.497 e. The Kier molecular flexibility index (Phi) is 7.55. The third-order valence-electron chi connectivity index (χ3n) is 6.45. The molecule has 5 rings (SSSR count). The molecule has 3 aliphatic rings. The Morgan fingerprint density at radius 2 is 1.95 bits per heavy atom. The van der Waals surface area contributed by atoms with Crippen LogP contribution in [0.25, 0.3) is 0 Å². The predicted molar refractivity (Wildman–Crippen MR) is 145 cm³/mol. The second-order valence-electron chi connectivity index (χ2n) is 8.80. The van der Waals surface area contributed by atoms with Crippen molar-refractivity contribution < 1.29 is 19.1 Å². The lowest BCUT2D eigenvalue weighted by Gasteiger charge is -2.37. The molecule has 1 saturated heterocycles. The first kappa shape index (κ1) is 25.4. The second kappa shape index (κ2) is 11.0. The van der Waals surface area contributed by atoms with E-state index in [1.165, 1.54) is 11.8 Å². The number of hydrogen-bond donors (Lipinski definition) is 1. The number of halogens is 1. The first-order chi connectivity index (χ1) is 17.9. The maximum absolute atomic E-state index is 13.7. The minimum absolute atomic E-state index is 0.0248. The van der Waals surface area contributed by atoms with Crippen molar-refractivity contribution in [1.29, 1.82) is 0 Å². The maximum atomic E-state index is 13.7. The van der Waals surface area contributed by atoms with Gasteiger partial charge in [-0.3, -0.25) is 9.59 Å². The van der Waals surface area contributed by atoms with Crippen LogP contribution in [0.1, 0.15) is 24.9 Å². The molecular weight excluding hydrogens is 512 g/mol. The van der Waals surface area contributed by atoms with Crippen LogP contribution in [0.3, 0.4) is 0 Å². The summed E-state index contributed by atoms with van der Waals surface area (Å²) in [6.07, 6.45) is 0.204. The number of benzene rings is 2. The molecule has 37 heavy (non-hydrogen) atoms. The van der Waals surface area contributed by atoms with E-state index in [-0.39, 0.29) is 18.2 Å². The Hall–Kier alpha value is -3.27. The molecule has 0 bridgehead atoms. The van der Waals surface area contributed by atoms with Gasteiger partial charge in [-0.15, -0.1) is 0 Å².